The molecular weight excluding hydrogens is 608 g/mol. The maximum Gasteiger partial charge on any atom is 0.408 e. The second kappa shape index (κ2) is 13.5. The summed E-state index contributed by atoms with van der Waals surface area (Å²) < 4.78 is 17.1. The molecule has 3 fully saturated rings. The van der Waals surface area contributed by atoms with Crippen LogP contribution in [0.2, 0.25) is 0 Å². The Labute approximate surface area is 274 Å². The number of hydrogen-bond acceptors (Lipinski definition) is 9. The summed E-state index contributed by atoms with van der Waals surface area (Å²) in [4.78, 5) is 61.1. The average Bonchev–Trinajstić information content (AvgIpc) is 3.31. The molecule has 1 aromatic heterocycles. The monoisotopic (exact) mass is 652 g/mol. The van der Waals surface area contributed by atoms with Crippen LogP contribution in [0.3, 0.4) is 0 Å². The molecule has 46 heavy (non-hydrogen) atoms. The number of thioether (sulfide) groups is 1. The van der Waals surface area contributed by atoms with Crippen molar-refractivity contribution in [1.29, 1.82) is 0 Å². The third-order valence-corrected chi connectivity index (χ3v) is 9.97. The van der Waals surface area contributed by atoms with Gasteiger partial charge < -0.3 is 29.7 Å². The molecule has 1 saturated heterocycles. The smallest absolute Gasteiger partial charge is 0.408 e. The number of likely N-dealkylation sites (tertiary alicyclic amines) is 1. The molecule has 2 saturated carbocycles. The summed E-state index contributed by atoms with van der Waals surface area (Å²) in [5.74, 6) is -1.20. The fourth-order valence-electron chi connectivity index (χ4n) is 6.56. The highest BCUT2D eigenvalue weighted by Gasteiger charge is 2.62. The zero-order chi connectivity index (χ0) is 33.2. The average molecular weight is 653 g/mol. The van der Waals surface area contributed by atoms with Crippen molar-refractivity contribution in [2.24, 2.45) is 11.3 Å². The summed E-state index contributed by atoms with van der Waals surface area (Å²) in [6.45, 7) is 9.43. The van der Waals surface area contributed by atoms with Crippen molar-refractivity contribution in [2.75, 3.05) is 19.9 Å². The van der Waals surface area contributed by atoms with Crippen molar-refractivity contribution in [3.05, 3.63) is 43.1 Å². The molecule has 11 nitrogen and oxygen atoms in total. The molecule has 3 amide bonds. The molecule has 5 rings (SSSR count). The lowest BCUT2D eigenvalue weighted by Crippen LogP contribution is -2.59. The molecule has 2 aliphatic carbocycles. The minimum atomic E-state index is -1.23. The molecule has 2 aromatic rings. The van der Waals surface area contributed by atoms with E-state index in [4.69, 9.17) is 14.2 Å². The van der Waals surface area contributed by atoms with Gasteiger partial charge in [0.25, 0.3) is 0 Å². The van der Waals surface area contributed by atoms with Gasteiger partial charge in [0.05, 0.1) is 19.2 Å². The van der Waals surface area contributed by atoms with E-state index in [-0.39, 0.29) is 25.0 Å². The SMILES string of the molecule is C=C[C@@H]1C[C@]1(NC(=O)[C@@H]1C[C@@H](Oc2ccnc3c(SC)cccc23)CN1C(=O)[C@@H](NC(=O)OC1CCCC1)C(C)(C)C)C(=O)OC. The maximum absolute atomic E-state index is 14.4. The van der Waals surface area contributed by atoms with E-state index in [0.717, 1.165) is 41.5 Å². The number of pyridine rings is 1. The molecule has 5 atom stereocenters. The molecule has 0 bridgehead atoms. The minimum Gasteiger partial charge on any atom is -0.488 e. The van der Waals surface area contributed by atoms with Crippen LogP contribution in [-0.4, -0.2) is 83.5 Å². The van der Waals surface area contributed by atoms with Gasteiger partial charge in [-0.1, -0.05) is 32.9 Å². The highest BCUT2D eigenvalue weighted by molar-refractivity contribution is 7.98. The number of alkyl carbamates (subject to hydrolysis) is 1. The van der Waals surface area contributed by atoms with Crippen LogP contribution in [0.15, 0.2) is 48.0 Å². The topological polar surface area (TPSA) is 136 Å². The maximum atomic E-state index is 14.4. The second-order valence-electron chi connectivity index (χ2n) is 13.4. The van der Waals surface area contributed by atoms with Gasteiger partial charge in [-0.3, -0.25) is 14.6 Å². The lowest BCUT2D eigenvalue weighted by molar-refractivity contribution is -0.148. The van der Waals surface area contributed by atoms with Crippen LogP contribution in [0.1, 0.15) is 59.3 Å². The van der Waals surface area contributed by atoms with Crippen LogP contribution in [0.25, 0.3) is 10.9 Å². The number of esters is 1. The number of hydrogen-bond donors (Lipinski definition) is 2. The summed E-state index contributed by atoms with van der Waals surface area (Å²) in [5.41, 5.74) is -1.14. The second-order valence-corrected chi connectivity index (χ2v) is 14.2. The fourth-order valence-corrected chi connectivity index (χ4v) is 7.13. The van der Waals surface area contributed by atoms with Gasteiger partial charge in [-0.25, -0.2) is 9.59 Å². The van der Waals surface area contributed by atoms with Crippen molar-refractivity contribution in [2.45, 2.75) is 94.0 Å². The Bertz CT molecular complexity index is 1500. The Hall–Kier alpha value is -3.80. The van der Waals surface area contributed by atoms with E-state index in [1.165, 1.54) is 12.0 Å². The molecule has 1 aromatic carbocycles. The number of fused-ring (bicyclic) bond motifs is 1. The van der Waals surface area contributed by atoms with E-state index in [1.54, 1.807) is 30.1 Å². The van der Waals surface area contributed by atoms with Crippen LogP contribution < -0.4 is 15.4 Å². The molecule has 0 unspecified atom stereocenters. The molecule has 12 heteroatoms. The number of nitrogens with zero attached hydrogens (tertiary/aromatic N) is 2. The highest BCUT2D eigenvalue weighted by Crippen LogP contribution is 2.45. The van der Waals surface area contributed by atoms with Crippen molar-refractivity contribution in [3.8, 4) is 5.75 Å². The van der Waals surface area contributed by atoms with Gasteiger partial charge >= 0.3 is 12.1 Å². The lowest BCUT2D eigenvalue weighted by atomic mass is 9.85. The number of methoxy groups -OCH3 is 1. The zero-order valence-corrected chi connectivity index (χ0v) is 28.0. The van der Waals surface area contributed by atoms with E-state index in [0.29, 0.717) is 12.2 Å². The van der Waals surface area contributed by atoms with Crippen LogP contribution in [-0.2, 0) is 23.9 Å². The third kappa shape index (κ3) is 6.82. The Morgan fingerprint density at radius 3 is 2.52 bits per heavy atom. The van der Waals surface area contributed by atoms with Gasteiger partial charge in [0.15, 0.2) is 0 Å². The van der Waals surface area contributed by atoms with Crippen molar-refractivity contribution >= 4 is 46.5 Å². The molecule has 0 radical (unpaired) electrons. The van der Waals surface area contributed by atoms with Gasteiger partial charge in [0.1, 0.15) is 35.6 Å². The van der Waals surface area contributed by atoms with E-state index in [9.17, 15) is 19.2 Å². The lowest BCUT2D eigenvalue weighted by Gasteiger charge is -2.35. The third-order valence-electron chi connectivity index (χ3n) is 9.20. The van der Waals surface area contributed by atoms with Gasteiger partial charge in [0, 0.05) is 28.8 Å². The number of aromatic nitrogens is 1. The Morgan fingerprint density at radius 2 is 1.89 bits per heavy atom. The number of rotatable bonds is 10. The summed E-state index contributed by atoms with van der Waals surface area (Å²) in [7, 11) is 1.27. The van der Waals surface area contributed by atoms with Gasteiger partial charge in [-0.15, -0.1) is 18.3 Å². The molecular formula is C34H44N4O7S. The molecule has 248 valence electrons. The summed E-state index contributed by atoms with van der Waals surface area (Å²) in [5, 5.41) is 6.51. The number of ether oxygens (including phenoxy) is 3. The number of para-hydroxylation sites is 1. The van der Waals surface area contributed by atoms with Crippen LogP contribution >= 0.6 is 11.8 Å². The van der Waals surface area contributed by atoms with E-state index in [2.05, 4.69) is 22.2 Å². The Morgan fingerprint density at radius 1 is 1.15 bits per heavy atom. The first-order valence-electron chi connectivity index (χ1n) is 15.8. The number of amides is 3. The molecule has 2 N–H and O–H groups in total. The normalized spacial score (nSPS) is 25.1. The Kier molecular flexibility index (Phi) is 9.86. The van der Waals surface area contributed by atoms with Crippen LogP contribution in [0.4, 0.5) is 4.79 Å². The number of nitrogens with one attached hydrogen (secondary N) is 2. The zero-order valence-electron chi connectivity index (χ0n) is 27.2. The van der Waals surface area contributed by atoms with E-state index in [1.807, 2.05) is 45.2 Å². The number of benzene rings is 1. The van der Waals surface area contributed by atoms with E-state index < -0.39 is 53.0 Å². The Balaban J connectivity index is 1.42. The van der Waals surface area contributed by atoms with Gasteiger partial charge in [-0.2, -0.15) is 0 Å². The largest absolute Gasteiger partial charge is 0.488 e. The molecule has 0 spiro atoms. The number of carbonyl (C=O) groups excluding carboxylic acids is 4. The summed E-state index contributed by atoms with van der Waals surface area (Å²) in [6.07, 6.45) is 8.00. The first kappa shape index (κ1) is 33.6. The molecule has 1 aliphatic heterocycles. The fraction of sp³-hybridized carbons (Fsp3) is 0.559. The van der Waals surface area contributed by atoms with E-state index >= 15 is 0 Å². The predicted octanol–water partition coefficient (Wildman–Crippen LogP) is 4.62. The van der Waals surface area contributed by atoms with Crippen LogP contribution in [0.5, 0.6) is 5.75 Å². The molecule has 2 heterocycles. The van der Waals surface area contributed by atoms with Gasteiger partial charge in [-0.05, 0) is 62.0 Å². The van der Waals surface area contributed by atoms with Crippen molar-refractivity contribution in [3.63, 3.8) is 0 Å². The predicted molar refractivity (Wildman–Crippen MR) is 174 cm³/mol. The summed E-state index contributed by atoms with van der Waals surface area (Å²) >= 11 is 1.58. The van der Waals surface area contributed by atoms with Crippen molar-refractivity contribution in [1.82, 2.24) is 20.5 Å². The quantitative estimate of drug-likeness (QED) is 0.214. The first-order valence-corrected chi connectivity index (χ1v) is 17.0. The van der Waals surface area contributed by atoms with Crippen LogP contribution in [0, 0.1) is 11.3 Å². The number of carbonyl (C=O) groups is 4. The van der Waals surface area contributed by atoms with Gasteiger partial charge in [0.2, 0.25) is 11.8 Å². The van der Waals surface area contributed by atoms with Crippen molar-refractivity contribution < 1.29 is 33.4 Å². The minimum absolute atomic E-state index is 0.0883. The summed E-state index contributed by atoms with van der Waals surface area (Å²) in [6, 6.07) is 5.66. The molecule has 3 aliphatic rings. The first-order chi connectivity index (χ1) is 21.9. The highest BCUT2D eigenvalue weighted by atomic mass is 32.2. The standard InChI is InChI=1S/C34H44N4O7S/c1-7-20-18-34(20,31(41)43-5)37-29(39)24-17-22(44-25-15-16-35-27-23(25)13-10-14-26(27)46-6)19-38(24)30(40)28(33(2,3)4)36-32(42)45-21-11-8-9-12-21/h7,10,13-16,20-22,24,28H,1,8-9,11-12,17-19H2,2-6H3,(H,36,42)(H,37,39)/t20-,22-,24+,28-,34-/m1/s1.